The molecule has 0 aromatic rings. The molecular weight excluding hydrogens is 326 g/mol. The minimum Gasteiger partial charge on any atom is -0.480 e. The number of rotatable bonds is 13. The zero-order valence-corrected chi connectivity index (χ0v) is 12.9. The van der Waals surface area contributed by atoms with E-state index in [9.17, 15) is 24.0 Å². The van der Waals surface area contributed by atoms with Crippen molar-refractivity contribution in [1.29, 1.82) is 0 Å². The minimum atomic E-state index is -1.37. The Morgan fingerprint density at radius 3 is 2.08 bits per heavy atom. The fourth-order valence-electron chi connectivity index (χ4n) is 1.65. The van der Waals surface area contributed by atoms with Crippen molar-refractivity contribution in [2.75, 3.05) is 13.2 Å². The van der Waals surface area contributed by atoms with E-state index in [1.807, 2.05) is 0 Å². The highest BCUT2D eigenvalue weighted by atomic mass is 16.4. The third-order valence-electron chi connectivity index (χ3n) is 2.95. The zero-order valence-electron chi connectivity index (χ0n) is 12.9. The molecule has 24 heavy (non-hydrogen) atoms. The van der Waals surface area contributed by atoms with Gasteiger partial charge in [0.25, 0.3) is 0 Å². The van der Waals surface area contributed by atoms with Gasteiger partial charge in [0.05, 0.1) is 6.61 Å². The van der Waals surface area contributed by atoms with E-state index in [2.05, 4.69) is 16.0 Å². The molecule has 11 heteroatoms. The average Bonchev–Trinajstić information content (AvgIpc) is 2.52. The number of aliphatic hydroxyl groups is 1. The van der Waals surface area contributed by atoms with Gasteiger partial charge in [-0.1, -0.05) is 0 Å². The Morgan fingerprint density at radius 1 is 0.958 bits per heavy atom. The normalized spacial score (nSPS) is 12.5. The van der Waals surface area contributed by atoms with Gasteiger partial charge in [-0.25, -0.2) is 9.59 Å². The van der Waals surface area contributed by atoms with Crippen LogP contribution in [0.5, 0.6) is 0 Å². The van der Waals surface area contributed by atoms with E-state index in [-0.39, 0.29) is 38.6 Å². The van der Waals surface area contributed by atoms with E-state index in [4.69, 9.17) is 15.3 Å². The SMILES string of the molecule is O=CNC(CCC(=O)NCCCC(=O)NC(CO)C(=O)O)C(=O)O. The van der Waals surface area contributed by atoms with Crippen molar-refractivity contribution in [3.05, 3.63) is 0 Å². The highest BCUT2D eigenvalue weighted by Gasteiger charge is 2.19. The van der Waals surface area contributed by atoms with Crippen molar-refractivity contribution < 1.29 is 39.3 Å². The van der Waals surface area contributed by atoms with Gasteiger partial charge in [0.2, 0.25) is 18.2 Å². The summed E-state index contributed by atoms with van der Waals surface area (Å²) in [5.41, 5.74) is 0. The van der Waals surface area contributed by atoms with Crippen LogP contribution in [0.1, 0.15) is 25.7 Å². The fraction of sp³-hybridized carbons (Fsp3) is 0.615. The molecule has 0 bridgehead atoms. The number of carboxylic acid groups (broad SMARTS) is 2. The van der Waals surface area contributed by atoms with E-state index in [1.54, 1.807) is 0 Å². The summed E-state index contributed by atoms with van der Waals surface area (Å²) >= 11 is 0. The highest BCUT2D eigenvalue weighted by Crippen LogP contribution is 1.98. The van der Waals surface area contributed by atoms with Crippen molar-refractivity contribution in [2.45, 2.75) is 37.8 Å². The number of nitrogens with one attached hydrogen (secondary N) is 3. The molecular formula is C13H21N3O8. The lowest BCUT2D eigenvalue weighted by atomic mass is 10.1. The smallest absolute Gasteiger partial charge is 0.328 e. The second kappa shape index (κ2) is 11.8. The molecule has 0 aliphatic carbocycles. The second-order valence-corrected chi connectivity index (χ2v) is 4.81. The van der Waals surface area contributed by atoms with Crippen LogP contribution in [-0.2, 0) is 24.0 Å². The van der Waals surface area contributed by atoms with Crippen LogP contribution in [0.25, 0.3) is 0 Å². The van der Waals surface area contributed by atoms with E-state index >= 15 is 0 Å². The van der Waals surface area contributed by atoms with Crippen LogP contribution < -0.4 is 16.0 Å². The van der Waals surface area contributed by atoms with Crippen molar-refractivity contribution in [1.82, 2.24) is 16.0 Å². The third kappa shape index (κ3) is 9.35. The van der Waals surface area contributed by atoms with E-state index < -0.39 is 42.4 Å². The molecule has 0 heterocycles. The molecule has 0 rings (SSSR count). The average molecular weight is 347 g/mol. The summed E-state index contributed by atoms with van der Waals surface area (Å²) in [4.78, 5) is 54.5. The maximum absolute atomic E-state index is 11.5. The summed E-state index contributed by atoms with van der Waals surface area (Å²) in [6.45, 7) is -0.584. The number of aliphatic carboxylic acids is 2. The number of hydrogen-bond acceptors (Lipinski definition) is 6. The number of carbonyl (C=O) groups excluding carboxylic acids is 3. The van der Waals surface area contributed by atoms with Crippen LogP contribution in [0, 0.1) is 0 Å². The standard InChI is InChI=1S/C13H21N3O8/c17-6-9(13(23)24)16-11(20)2-1-5-14-10(19)4-3-8(12(21)22)15-7-18/h7-9,17H,1-6H2,(H,14,19)(H,15,18)(H,16,20)(H,21,22)(H,23,24). The summed E-state index contributed by atoms with van der Waals surface area (Å²) in [7, 11) is 0. The summed E-state index contributed by atoms with van der Waals surface area (Å²) in [5.74, 6) is -3.61. The number of aliphatic hydroxyl groups excluding tert-OH is 1. The topological polar surface area (TPSA) is 182 Å². The molecule has 0 aliphatic rings. The Bertz CT molecular complexity index is 468. The van der Waals surface area contributed by atoms with Gasteiger partial charge in [-0.15, -0.1) is 0 Å². The van der Waals surface area contributed by atoms with Gasteiger partial charge in [-0.05, 0) is 12.8 Å². The van der Waals surface area contributed by atoms with Gasteiger partial charge in [-0.3, -0.25) is 14.4 Å². The maximum Gasteiger partial charge on any atom is 0.328 e. The van der Waals surface area contributed by atoms with Crippen molar-refractivity contribution >= 4 is 30.2 Å². The Labute approximate surface area is 137 Å². The van der Waals surface area contributed by atoms with Gasteiger partial charge in [-0.2, -0.15) is 0 Å². The number of carbonyl (C=O) groups is 5. The molecule has 0 spiro atoms. The lowest BCUT2D eigenvalue weighted by Gasteiger charge is -2.12. The largest absolute Gasteiger partial charge is 0.480 e. The van der Waals surface area contributed by atoms with Gasteiger partial charge in [0, 0.05) is 19.4 Å². The molecule has 136 valence electrons. The molecule has 2 atom stereocenters. The third-order valence-corrected chi connectivity index (χ3v) is 2.95. The molecule has 0 aliphatic heterocycles. The van der Waals surface area contributed by atoms with Crippen LogP contribution in [0.15, 0.2) is 0 Å². The molecule has 0 radical (unpaired) electrons. The Morgan fingerprint density at radius 2 is 1.58 bits per heavy atom. The van der Waals surface area contributed by atoms with Crippen LogP contribution in [0.3, 0.4) is 0 Å². The van der Waals surface area contributed by atoms with Gasteiger partial charge < -0.3 is 31.3 Å². The lowest BCUT2D eigenvalue weighted by Crippen LogP contribution is -2.43. The number of carboxylic acids is 2. The molecule has 11 nitrogen and oxygen atoms in total. The first-order valence-corrected chi connectivity index (χ1v) is 7.14. The first-order chi connectivity index (χ1) is 11.3. The fourth-order valence-corrected chi connectivity index (χ4v) is 1.65. The minimum absolute atomic E-state index is 0.0471. The van der Waals surface area contributed by atoms with E-state index in [0.717, 1.165) is 0 Å². The summed E-state index contributed by atoms with van der Waals surface area (Å²) < 4.78 is 0. The quantitative estimate of drug-likeness (QED) is 0.155. The molecule has 0 saturated heterocycles. The molecule has 0 fully saturated rings. The zero-order chi connectivity index (χ0) is 18.5. The summed E-state index contributed by atoms with van der Waals surface area (Å²) in [6, 6.07) is -2.52. The first kappa shape index (κ1) is 21.3. The van der Waals surface area contributed by atoms with Crippen molar-refractivity contribution in [2.24, 2.45) is 0 Å². The van der Waals surface area contributed by atoms with Gasteiger partial charge in [0.15, 0.2) is 0 Å². The number of amides is 3. The molecule has 0 aromatic carbocycles. The molecule has 0 saturated carbocycles. The highest BCUT2D eigenvalue weighted by molar-refractivity contribution is 5.83. The van der Waals surface area contributed by atoms with Crippen molar-refractivity contribution in [3.63, 3.8) is 0 Å². The molecule has 2 unspecified atom stereocenters. The Hall–Kier alpha value is -2.69. The predicted molar refractivity (Wildman–Crippen MR) is 78.8 cm³/mol. The monoisotopic (exact) mass is 347 g/mol. The Kier molecular flexibility index (Phi) is 10.5. The Balaban J connectivity index is 3.93. The lowest BCUT2D eigenvalue weighted by molar-refractivity contribution is -0.143. The van der Waals surface area contributed by atoms with Crippen LogP contribution in [0.2, 0.25) is 0 Å². The second-order valence-electron chi connectivity index (χ2n) is 4.81. The van der Waals surface area contributed by atoms with E-state index in [1.165, 1.54) is 0 Å². The predicted octanol–water partition coefficient (Wildman–Crippen LogP) is -2.58. The van der Waals surface area contributed by atoms with E-state index in [0.29, 0.717) is 0 Å². The van der Waals surface area contributed by atoms with Crippen LogP contribution in [0.4, 0.5) is 0 Å². The van der Waals surface area contributed by atoms with Crippen LogP contribution >= 0.6 is 0 Å². The first-order valence-electron chi connectivity index (χ1n) is 7.14. The molecule has 6 N–H and O–H groups in total. The maximum atomic E-state index is 11.5. The molecule has 0 aromatic heterocycles. The van der Waals surface area contributed by atoms with Gasteiger partial charge >= 0.3 is 11.9 Å². The summed E-state index contributed by atoms with van der Waals surface area (Å²) in [5, 5.41) is 32.8. The molecule has 3 amide bonds. The van der Waals surface area contributed by atoms with Crippen molar-refractivity contribution in [3.8, 4) is 0 Å². The van der Waals surface area contributed by atoms with Gasteiger partial charge in [0.1, 0.15) is 12.1 Å². The van der Waals surface area contributed by atoms with Crippen LogP contribution in [-0.4, -0.2) is 70.7 Å². The number of hydrogen-bond donors (Lipinski definition) is 6. The summed E-state index contributed by atoms with van der Waals surface area (Å²) in [6.07, 6.45) is 0.248.